The summed E-state index contributed by atoms with van der Waals surface area (Å²) in [7, 11) is 0. The average molecular weight is 262 g/mol. The minimum atomic E-state index is 0.0628. The van der Waals surface area contributed by atoms with Crippen LogP contribution in [0.2, 0.25) is 5.02 Å². The molecular formula is C15H16ClNO. The molecule has 1 amide bonds. The van der Waals surface area contributed by atoms with E-state index >= 15 is 0 Å². The van der Waals surface area contributed by atoms with Gasteiger partial charge in [-0.1, -0.05) is 35.9 Å². The fourth-order valence-corrected chi connectivity index (χ4v) is 2.38. The van der Waals surface area contributed by atoms with Gasteiger partial charge in [0.1, 0.15) is 0 Å². The van der Waals surface area contributed by atoms with Crippen LogP contribution in [0.25, 0.3) is 10.8 Å². The molecule has 94 valence electrons. The van der Waals surface area contributed by atoms with E-state index in [1.165, 1.54) is 0 Å². The second kappa shape index (κ2) is 5.40. The molecule has 0 aliphatic heterocycles. The van der Waals surface area contributed by atoms with E-state index in [0.29, 0.717) is 18.1 Å². The van der Waals surface area contributed by atoms with Gasteiger partial charge in [-0.2, -0.15) is 0 Å². The van der Waals surface area contributed by atoms with Crippen LogP contribution in [-0.2, 0) is 0 Å². The van der Waals surface area contributed by atoms with Gasteiger partial charge in [-0.05, 0) is 31.4 Å². The Kier molecular flexibility index (Phi) is 3.87. The number of nitrogens with zero attached hydrogens (tertiary/aromatic N) is 1. The minimum absolute atomic E-state index is 0.0628. The fourth-order valence-electron chi connectivity index (χ4n) is 2.14. The lowest BCUT2D eigenvalue weighted by Gasteiger charge is -2.19. The number of rotatable bonds is 3. The highest BCUT2D eigenvalue weighted by Gasteiger charge is 2.15. The molecule has 0 atom stereocenters. The Bertz CT molecular complexity index is 576. The van der Waals surface area contributed by atoms with E-state index in [4.69, 9.17) is 11.6 Å². The molecule has 2 nitrogen and oxygen atoms in total. The molecule has 2 aromatic rings. The van der Waals surface area contributed by atoms with Crippen molar-refractivity contribution in [3.63, 3.8) is 0 Å². The molecule has 0 spiro atoms. The molecule has 0 fully saturated rings. The molecule has 0 aliphatic carbocycles. The third-order valence-electron chi connectivity index (χ3n) is 3.15. The summed E-state index contributed by atoms with van der Waals surface area (Å²) in [5.74, 6) is 0.0628. The summed E-state index contributed by atoms with van der Waals surface area (Å²) < 4.78 is 0. The Labute approximate surface area is 112 Å². The van der Waals surface area contributed by atoms with Crippen LogP contribution in [0.15, 0.2) is 36.4 Å². The summed E-state index contributed by atoms with van der Waals surface area (Å²) in [6.45, 7) is 5.40. The zero-order valence-corrected chi connectivity index (χ0v) is 11.4. The summed E-state index contributed by atoms with van der Waals surface area (Å²) in [5, 5.41) is 2.53. The summed E-state index contributed by atoms with van der Waals surface area (Å²) in [4.78, 5) is 14.2. The normalized spacial score (nSPS) is 10.6. The van der Waals surface area contributed by atoms with E-state index < -0.39 is 0 Å². The number of halogens is 1. The van der Waals surface area contributed by atoms with Gasteiger partial charge in [0.25, 0.3) is 5.91 Å². The first-order chi connectivity index (χ1) is 8.69. The number of benzene rings is 2. The van der Waals surface area contributed by atoms with Crippen molar-refractivity contribution >= 4 is 28.3 Å². The Balaban J connectivity index is 2.58. The van der Waals surface area contributed by atoms with E-state index in [2.05, 4.69) is 0 Å². The van der Waals surface area contributed by atoms with Gasteiger partial charge < -0.3 is 4.90 Å². The van der Waals surface area contributed by atoms with Crippen LogP contribution in [0, 0.1) is 0 Å². The van der Waals surface area contributed by atoms with Crippen LogP contribution in [-0.4, -0.2) is 23.9 Å². The fraction of sp³-hybridized carbons (Fsp3) is 0.267. The second-order valence-corrected chi connectivity index (χ2v) is 4.53. The van der Waals surface area contributed by atoms with Crippen molar-refractivity contribution in [2.45, 2.75) is 13.8 Å². The molecule has 2 rings (SSSR count). The zero-order valence-electron chi connectivity index (χ0n) is 10.6. The molecule has 0 unspecified atom stereocenters. The first-order valence-corrected chi connectivity index (χ1v) is 6.53. The molecule has 0 heterocycles. The molecule has 0 saturated heterocycles. The van der Waals surface area contributed by atoms with Crippen LogP contribution in [0.4, 0.5) is 0 Å². The van der Waals surface area contributed by atoms with Gasteiger partial charge in [0.2, 0.25) is 0 Å². The van der Waals surface area contributed by atoms with Crippen molar-refractivity contribution in [2.24, 2.45) is 0 Å². The molecule has 0 radical (unpaired) electrons. The molecular weight excluding hydrogens is 246 g/mol. The number of carbonyl (C=O) groups is 1. The number of fused-ring (bicyclic) bond motifs is 1. The lowest BCUT2D eigenvalue weighted by molar-refractivity contribution is 0.0775. The number of carbonyl (C=O) groups excluding carboxylic acids is 1. The van der Waals surface area contributed by atoms with E-state index in [1.807, 2.05) is 55.1 Å². The Morgan fingerprint density at radius 3 is 2.33 bits per heavy atom. The monoisotopic (exact) mass is 261 g/mol. The first kappa shape index (κ1) is 12.9. The zero-order chi connectivity index (χ0) is 13.1. The Morgan fingerprint density at radius 2 is 1.67 bits per heavy atom. The summed E-state index contributed by atoms with van der Waals surface area (Å²) >= 11 is 6.16. The van der Waals surface area contributed by atoms with Crippen LogP contribution in [0.5, 0.6) is 0 Å². The third-order valence-corrected chi connectivity index (χ3v) is 3.48. The van der Waals surface area contributed by atoms with E-state index in [1.54, 1.807) is 0 Å². The van der Waals surface area contributed by atoms with Gasteiger partial charge in [0, 0.05) is 29.1 Å². The molecule has 0 N–H and O–H groups in total. The van der Waals surface area contributed by atoms with E-state index in [9.17, 15) is 4.79 Å². The third kappa shape index (κ3) is 2.21. The molecule has 0 aliphatic rings. The van der Waals surface area contributed by atoms with Gasteiger partial charge >= 0.3 is 0 Å². The predicted octanol–water partition coefficient (Wildman–Crippen LogP) is 3.98. The van der Waals surface area contributed by atoms with Crippen molar-refractivity contribution < 1.29 is 4.79 Å². The minimum Gasteiger partial charge on any atom is -0.339 e. The largest absolute Gasteiger partial charge is 0.339 e. The van der Waals surface area contributed by atoms with Gasteiger partial charge in [0.15, 0.2) is 0 Å². The van der Waals surface area contributed by atoms with Gasteiger partial charge in [0.05, 0.1) is 0 Å². The van der Waals surface area contributed by atoms with Crippen LogP contribution < -0.4 is 0 Å². The maximum absolute atomic E-state index is 12.4. The lowest BCUT2D eigenvalue weighted by Crippen LogP contribution is -2.30. The maximum atomic E-state index is 12.4. The predicted molar refractivity (Wildman–Crippen MR) is 76.2 cm³/mol. The highest BCUT2D eigenvalue weighted by Crippen LogP contribution is 2.26. The maximum Gasteiger partial charge on any atom is 0.254 e. The molecule has 0 saturated carbocycles. The highest BCUT2D eigenvalue weighted by atomic mass is 35.5. The summed E-state index contributed by atoms with van der Waals surface area (Å²) in [6, 6.07) is 11.3. The first-order valence-electron chi connectivity index (χ1n) is 6.15. The van der Waals surface area contributed by atoms with Gasteiger partial charge in [-0.15, -0.1) is 0 Å². The van der Waals surface area contributed by atoms with Crippen LogP contribution in [0.3, 0.4) is 0 Å². The van der Waals surface area contributed by atoms with Crippen LogP contribution >= 0.6 is 11.6 Å². The Morgan fingerprint density at radius 1 is 1.06 bits per heavy atom. The quantitative estimate of drug-likeness (QED) is 0.819. The number of hydrogen-bond acceptors (Lipinski definition) is 1. The smallest absolute Gasteiger partial charge is 0.254 e. The SMILES string of the molecule is CCN(CC)C(=O)c1cccc2c(Cl)cccc12. The van der Waals surface area contributed by atoms with E-state index in [-0.39, 0.29) is 5.91 Å². The topological polar surface area (TPSA) is 20.3 Å². The Hall–Kier alpha value is -1.54. The molecule has 18 heavy (non-hydrogen) atoms. The number of amides is 1. The van der Waals surface area contributed by atoms with Gasteiger partial charge in [-0.25, -0.2) is 0 Å². The van der Waals surface area contributed by atoms with Crippen LogP contribution in [0.1, 0.15) is 24.2 Å². The number of hydrogen-bond donors (Lipinski definition) is 0. The van der Waals surface area contributed by atoms with Crippen molar-refractivity contribution in [1.29, 1.82) is 0 Å². The van der Waals surface area contributed by atoms with Crippen molar-refractivity contribution in [3.05, 3.63) is 47.0 Å². The average Bonchev–Trinajstić information content (AvgIpc) is 2.40. The standard InChI is InChI=1S/C15H16ClNO/c1-3-17(4-2)15(18)13-9-5-8-12-11(13)7-6-10-14(12)16/h5-10H,3-4H2,1-2H3. The van der Waals surface area contributed by atoms with Gasteiger partial charge in [-0.3, -0.25) is 4.79 Å². The molecule has 3 heteroatoms. The van der Waals surface area contributed by atoms with E-state index in [0.717, 1.165) is 16.3 Å². The highest BCUT2D eigenvalue weighted by molar-refractivity contribution is 6.36. The lowest BCUT2D eigenvalue weighted by atomic mass is 10.0. The van der Waals surface area contributed by atoms with Crippen molar-refractivity contribution in [2.75, 3.05) is 13.1 Å². The molecule has 0 aromatic heterocycles. The molecule has 0 bridgehead atoms. The van der Waals surface area contributed by atoms with Crippen molar-refractivity contribution in [3.8, 4) is 0 Å². The molecule has 2 aromatic carbocycles. The summed E-state index contributed by atoms with van der Waals surface area (Å²) in [6.07, 6.45) is 0. The van der Waals surface area contributed by atoms with Crippen molar-refractivity contribution in [1.82, 2.24) is 4.90 Å². The summed E-state index contributed by atoms with van der Waals surface area (Å²) in [5.41, 5.74) is 0.721. The second-order valence-electron chi connectivity index (χ2n) is 4.12.